The van der Waals surface area contributed by atoms with Gasteiger partial charge in [0.15, 0.2) is 0 Å². The fourth-order valence-electron chi connectivity index (χ4n) is 4.64. The highest BCUT2D eigenvalue weighted by Crippen LogP contribution is 2.39. The number of halogens is 2. The molecule has 2 aliphatic carbocycles. The number of pyridine rings is 1. The summed E-state index contributed by atoms with van der Waals surface area (Å²) in [7, 11) is 0. The van der Waals surface area contributed by atoms with Crippen molar-refractivity contribution in [2.45, 2.75) is 50.8 Å². The number of carbonyl (C=O) groups is 1. The maximum absolute atomic E-state index is 12.8. The Kier molecular flexibility index (Phi) is 8.75. The molecule has 0 saturated heterocycles. The van der Waals surface area contributed by atoms with Gasteiger partial charge in [-0.15, -0.1) is 24.8 Å². The Bertz CT molecular complexity index is 777. The van der Waals surface area contributed by atoms with Gasteiger partial charge >= 0.3 is 0 Å². The van der Waals surface area contributed by atoms with Crippen LogP contribution in [-0.2, 0) is 6.61 Å². The summed E-state index contributed by atoms with van der Waals surface area (Å²) in [5.74, 6) is 1.71. The number of fused-ring (bicyclic) bond motifs is 2. The molecule has 5 nitrogen and oxygen atoms in total. The summed E-state index contributed by atoms with van der Waals surface area (Å²) < 4.78 is 5.82. The number of rotatable bonds is 5. The lowest BCUT2D eigenvalue weighted by Gasteiger charge is -2.45. The molecule has 2 bridgehead atoms. The average molecular weight is 438 g/mol. The van der Waals surface area contributed by atoms with E-state index in [1.54, 1.807) is 12.4 Å². The molecule has 1 aromatic carbocycles. The molecule has 1 aromatic heterocycles. The molecule has 1 amide bonds. The van der Waals surface area contributed by atoms with E-state index in [0.29, 0.717) is 29.8 Å². The minimum Gasteiger partial charge on any atom is -0.489 e. The number of hydrogen-bond donors (Lipinski definition) is 2. The first-order valence-corrected chi connectivity index (χ1v) is 9.87. The molecule has 7 heteroatoms. The van der Waals surface area contributed by atoms with Crippen LogP contribution in [0.15, 0.2) is 48.8 Å². The Hall–Kier alpha value is -1.82. The van der Waals surface area contributed by atoms with Gasteiger partial charge in [0, 0.05) is 35.6 Å². The van der Waals surface area contributed by atoms with Gasteiger partial charge in [-0.05, 0) is 61.8 Å². The number of nitrogens with one attached hydrogen (secondary N) is 1. The molecule has 2 unspecified atom stereocenters. The molecular weight excluding hydrogens is 409 g/mol. The predicted octanol–water partition coefficient (Wildman–Crippen LogP) is 4.14. The van der Waals surface area contributed by atoms with Crippen molar-refractivity contribution in [3.05, 3.63) is 59.9 Å². The van der Waals surface area contributed by atoms with Gasteiger partial charge in [0.05, 0.1) is 0 Å². The van der Waals surface area contributed by atoms with E-state index in [0.717, 1.165) is 18.4 Å². The summed E-state index contributed by atoms with van der Waals surface area (Å²) in [6.45, 7) is 0.434. The van der Waals surface area contributed by atoms with Crippen LogP contribution in [-0.4, -0.2) is 23.0 Å². The van der Waals surface area contributed by atoms with E-state index in [2.05, 4.69) is 10.3 Å². The molecule has 1 heterocycles. The second kappa shape index (κ2) is 10.8. The molecule has 2 fully saturated rings. The van der Waals surface area contributed by atoms with Crippen molar-refractivity contribution in [2.75, 3.05) is 0 Å². The van der Waals surface area contributed by atoms with E-state index >= 15 is 0 Å². The minimum atomic E-state index is -0.0146. The molecule has 29 heavy (non-hydrogen) atoms. The third-order valence-electron chi connectivity index (χ3n) is 5.90. The molecule has 158 valence electrons. The molecule has 2 atom stereocenters. The summed E-state index contributed by atoms with van der Waals surface area (Å²) in [5.41, 5.74) is 7.84. The smallest absolute Gasteiger partial charge is 0.251 e. The second-order valence-electron chi connectivity index (χ2n) is 7.86. The van der Waals surface area contributed by atoms with E-state index in [4.69, 9.17) is 10.5 Å². The lowest BCUT2D eigenvalue weighted by atomic mass is 9.67. The second-order valence-corrected chi connectivity index (χ2v) is 7.86. The first kappa shape index (κ1) is 23.5. The molecule has 0 radical (unpaired) electrons. The molecule has 3 N–H and O–H groups in total. The lowest BCUT2D eigenvalue weighted by Crippen LogP contribution is -2.53. The Morgan fingerprint density at radius 2 is 1.90 bits per heavy atom. The topological polar surface area (TPSA) is 77.2 Å². The highest BCUT2D eigenvalue weighted by Gasteiger charge is 2.39. The molecule has 4 rings (SSSR count). The standard InChI is InChI=1S/C22H27N3O2.2ClH/c23-19-10-16-5-1-6-17(11-19)21(16)25-22(26)18-7-2-8-20(12-18)27-14-15-4-3-9-24-13-15;;/h2-4,7-9,12-13,16-17,19,21H,1,5-6,10-11,14,23H2,(H,25,26);2*1H. The summed E-state index contributed by atoms with van der Waals surface area (Å²) in [6, 6.07) is 11.8. The van der Waals surface area contributed by atoms with Gasteiger partial charge < -0.3 is 15.8 Å². The van der Waals surface area contributed by atoms with Crippen molar-refractivity contribution in [2.24, 2.45) is 17.6 Å². The Balaban J connectivity index is 0.00000150. The summed E-state index contributed by atoms with van der Waals surface area (Å²) in [4.78, 5) is 16.9. The lowest BCUT2D eigenvalue weighted by molar-refractivity contribution is 0.0755. The molecule has 0 spiro atoms. The number of nitrogens with zero attached hydrogens (tertiary/aromatic N) is 1. The number of hydrogen-bond acceptors (Lipinski definition) is 4. The molecule has 0 aliphatic heterocycles. The first-order chi connectivity index (χ1) is 13.2. The number of aromatic nitrogens is 1. The summed E-state index contributed by atoms with van der Waals surface area (Å²) in [5, 5.41) is 3.30. The van der Waals surface area contributed by atoms with Gasteiger partial charge in [-0.3, -0.25) is 9.78 Å². The highest BCUT2D eigenvalue weighted by atomic mass is 35.5. The van der Waals surface area contributed by atoms with Crippen LogP contribution in [0.3, 0.4) is 0 Å². The number of ether oxygens (including phenoxy) is 1. The molecule has 2 aliphatic rings. The van der Waals surface area contributed by atoms with Crippen molar-refractivity contribution in [1.82, 2.24) is 10.3 Å². The molecule has 2 saturated carbocycles. The van der Waals surface area contributed by atoms with Gasteiger partial charge in [-0.1, -0.05) is 18.6 Å². The Labute approximate surface area is 184 Å². The van der Waals surface area contributed by atoms with Gasteiger partial charge in [-0.2, -0.15) is 0 Å². The van der Waals surface area contributed by atoms with E-state index in [-0.39, 0.29) is 42.8 Å². The van der Waals surface area contributed by atoms with E-state index in [9.17, 15) is 4.79 Å². The van der Waals surface area contributed by atoms with Crippen LogP contribution in [0, 0.1) is 11.8 Å². The van der Waals surface area contributed by atoms with Gasteiger partial charge in [0.1, 0.15) is 12.4 Å². The van der Waals surface area contributed by atoms with Crippen molar-refractivity contribution in [3.63, 3.8) is 0 Å². The summed E-state index contributed by atoms with van der Waals surface area (Å²) in [6.07, 6.45) is 9.16. The Morgan fingerprint density at radius 1 is 1.14 bits per heavy atom. The zero-order valence-corrected chi connectivity index (χ0v) is 18.0. The zero-order chi connectivity index (χ0) is 18.6. The van der Waals surface area contributed by atoms with Gasteiger partial charge in [-0.25, -0.2) is 0 Å². The largest absolute Gasteiger partial charge is 0.489 e. The molecule has 2 aromatic rings. The van der Waals surface area contributed by atoms with E-state index in [1.807, 2.05) is 36.4 Å². The van der Waals surface area contributed by atoms with E-state index < -0.39 is 0 Å². The van der Waals surface area contributed by atoms with Crippen molar-refractivity contribution >= 4 is 30.7 Å². The van der Waals surface area contributed by atoms with Gasteiger partial charge in [0.2, 0.25) is 0 Å². The summed E-state index contributed by atoms with van der Waals surface area (Å²) >= 11 is 0. The SMILES string of the molecule is Cl.Cl.NC1CC2CCCC(C1)C2NC(=O)c1cccc(OCc2cccnc2)c1. The fraction of sp³-hybridized carbons (Fsp3) is 0.455. The zero-order valence-electron chi connectivity index (χ0n) is 16.3. The van der Waals surface area contributed by atoms with Crippen LogP contribution in [0.25, 0.3) is 0 Å². The minimum absolute atomic E-state index is 0. The number of nitrogens with two attached hydrogens (primary N) is 1. The predicted molar refractivity (Wildman–Crippen MR) is 119 cm³/mol. The number of benzene rings is 1. The number of carbonyl (C=O) groups excluding carboxylic acids is 1. The van der Waals surface area contributed by atoms with Crippen LogP contribution in [0.4, 0.5) is 0 Å². The van der Waals surface area contributed by atoms with E-state index in [1.165, 1.54) is 19.3 Å². The first-order valence-electron chi connectivity index (χ1n) is 9.87. The molecular formula is C22H29Cl2N3O2. The fourth-order valence-corrected chi connectivity index (χ4v) is 4.64. The van der Waals surface area contributed by atoms with Crippen molar-refractivity contribution in [3.8, 4) is 5.75 Å². The highest BCUT2D eigenvalue weighted by molar-refractivity contribution is 5.94. The normalized spacial score (nSPS) is 25.1. The third kappa shape index (κ3) is 5.84. The van der Waals surface area contributed by atoms with Crippen LogP contribution in [0.5, 0.6) is 5.75 Å². The number of amides is 1. The maximum atomic E-state index is 12.8. The average Bonchev–Trinajstić information content (AvgIpc) is 2.68. The van der Waals surface area contributed by atoms with Crippen LogP contribution >= 0.6 is 24.8 Å². The van der Waals surface area contributed by atoms with Gasteiger partial charge in [0.25, 0.3) is 5.91 Å². The third-order valence-corrected chi connectivity index (χ3v) is 5.90. The van der Waals surface area contributed by atoms with Crippen LogP contribution in [0.1, 0.15) is 48.0 Å². The van der Waals surface area contributed by atoms with Crippen molar-refractivity contribution < 1.29 is 9.53 Å². The Morgan fingerprint density at radius 3 is 2.59 bits per heavy atom. The maximum Gasteiger partial charge on any atom is 0.251 e. The quantitative estimate of drug-likeness (QED) is 0.736. The van der Waals surface area contributed by atoms with Crippen LogP contribution < -0.4 is 15.8 Å². The van der Waals surface area contributed by atoms with Crippen LogP contribution in [0.2, 0.25) is 0 Å². The monoisotopic (exact) mass is 437 g/mol. The van der Waals surface area contributed by atoms with Crippen molar-refractivity contribution in [1.29, 1.82) is 0 Å².